The molecule has 0 saturated heterocycles. The first kappa shape index (κ1) is 20.5. The first-order valence-corrected chi connectivity index (χ1v) is 10.9. The lowest BCUT2D eigenvalue weighted by Gasteiger charge is -2.11. The van der Waals surface area contributed by atoms with Crippen LogP contribution in [-0.2, 0) is 10.0 Å². The van der Waals surface area contributed by atoms with E-state index in [-0.39, 0.29) is 10.7 Å². The molecule has 0 saturated carbocycles. The second-order valence-corrected chi connectivity index (χ2v) is 8.57. The van der Waals surface area contributed by atoms with Crippen LogP contribution in [0.5, 0.6) is 5.75 Å². The molecule has 0 unspecified atom stereocenters. The molecule has 31 heavy (non-hydrogen) atoms. The van der Waals surface area contributed by atoms with Gasteiger partial charge in [-0.15, -0.1) is 0 Å². The van der Waals surface area contributed by atoms with Gasteiger partial charge in [-0.25, -0.2) is 8.42 Å². The lowest BCUT2D eigenvalue weighted by molar-refractivity contribution is 0.0998. The van der Waals surface area contributed by atoms with Crippen LogP contribution >= 0.6 is 0 Å². The SMILES string of the molecule is COc1cccc2cc(C(=O)Nc3ccc(S(=O)(=O)Nc4ccccc4C)cc3)oc12. The van der Waals surface area contributed by atoms with Crippen LogP contribution in [0.1, 0.15) is 16.1 Å². The van der Waals surface area contributed by atoms with Crippen LogP contribution in [0, 0.1) is 6.92 Å². The van der Waals surface area contributed by atoms with Gasteiger partial charge < -0.3 is 14.5 Å². The molecule has 0 aliphatic heterocycles. The van der Waals surface area contributed by atoms with E-state index in [0.717, 1.165) is 10.9 Å². The van der Waals surface area contributed by atoms with Gasteiger partial charge >= 0.3 is 0 Å². The zero-order valence-electron chi connectivity index (χ0n) is 16.9. The molecule has 0 aliphatic rings. The highest BCUT2D eigenvalue weighted by molar-refractivity contribution is 7.92. The lowest BCUT2D eigenvalue weighted by atomic mass is 10.2. The van der Waals surface area contributed by atoms with Gasteiger partial charge in [0.05, 0.1) is 17.7 Å². The number of benzene rings is 3. The molecule has 3 aromatic carbocycles. The molecule has 1 amide bonds. The van der Waals surface area contributed by atoms with E-state index in [1.807, 2.05) is 31.2 Å². The number of anilines is 2. The number of para-hydroxylation sites is 2. The van der Waals surface area contributed by atoms with Crippen LogP contribution in [-0.4, -0.2) is 21.4 Å². The summed E-state index contributed by atoms with van der Waals surface area (Å²) < 4.78 is 38.7. The first-order valence-electron chi connectivity index (χ1n) is 9.44. The monoisotopic (exact) mass is 436 g/mol. The smallest absolute Gasteiger partial charge is 0.291 e. The van der Waals surface area contributed by atoms with E-state index >= 15 is 0 Å². The fraction of sp³-hybridized carbons (Fsp3) is 0.0870. The number of hydrogen-bond acceptors (Lipinski definition) is 5. The molecule has 1 heterocycles. The number of aryl methyl sites for hydroxylation is 1. The van der Waals surface area contributed by atoms with E-state index in [0.29, 0.717) is 22.7 Å². The number of carbonyl (C=O) groups excluding carboxylic acids is 1. The Balaban J connectivity index is 1.51. The Kier molecular flexibility index (Phi) is 5.39. The number of amides is 1. The van der Waals surface area contributed by atoms with Crippen molar-refractivity contribution in [3.05, 3.63) is 84.1 Å². The summed E-state index contributed by atoms with van der Waals surface area (Å²) in [5.41, 5.74) is 2.25. The van der Waals surface area contributed by atoms with E-state index < -0.39 is 15.9 Å². The fourth-order valence-corrected chi connectivity index (χ4v) is 4.24. The average Bonchev–Trinajstić information content (AvgIpc) is 3.20. The quantitative estimate of drug-likeness (QED) is 0.452. The summed E-state index contributed by atoms with van der Waals surface area (Å²) in [6, 6.07) is 20.0. The molecule has 1 aromatic heterocycles. The minimum Gasteiger partial charge on any atom is -0.493 e. The summed E-state index contributed by atoms with van der Waals surface area (Å²) >= 11 is 0. The van der Waals surface area contributed by atoms with E-state index in [4.69, 9.17) is 9.15 Å². The lowest BCUT2D eigenvalue weighted by Crippen LogP contribution is -2.14. The van der Waals surface area contributed by atoms with Gasteiger partial charge in [-0.3, -0.25) is 9.52 Å². The zero-order valence-corrected chi connectivity index (χ0v) is 17.7. The molecular weight excluding hydrogens is 416 g/mol. The summed E-state index contributed by atoms with van der Waals surface area (Å²) in [6.45, 7) is 1.82. The number of methoxy groups -OCH3 is 1. The van der Waals surface area contributed by atoms with Crippen LogP contribution in [0.3, 0.4) is 0 Å². The molecule has 2 N–H and O–H groups in total. The largest absolute Gasteiger partial charge is 0.493 e. The van der Waals surface area contributed by atoms with Crippen molar-refractivity contribution in [2.45, 2.75) is 11.8 Å². The Labute approximate surface area is 179 Å². The molecule has 158 valence electrons. The number of hydrogen-bond donors (Lipinski definition) is 2. The van der Waals surface area contributed by atoms with Crippen molar-refractivity contribution in [3.8, 4) is 5.75 Å². The Hall–Kier alpha value is -3.78. The minimum atomic E-state index is -3.75. The van der Waals surface area contributed by atoms with E-state index in [1.54, 1.807) is 24.3 Å². The average molecular weight is 436 g/mol. The van der Waals surface area contributed by atoms with Gasteiger partial charge in [0.15, 0.2) is 17.1 Å². The van der Waals surface area contributed by atoms with Crippen molar-refractivity contribution in [3.63, 3.8) is 0 Å². The standard InChI is InChI=1S/C23H20N2O5S/c1-15-6-3-4-8-19(15)25-31(27,28)18-12-10-17(11-13-18)24-23(26)21-14-16-7-5-9-20(29-2)22(16)30-21/h3-14,25H,1-2H3,(H,24,26). The fourth-order valence-electron chi connectivity index (χ4n) is 3.11. The Bertz CT molecular complexity index is 1360. The summed E-state index contributed by atoms with van der Waals surface area (Å²) in [4.78, 5) is 12.7. The third-order valence-corrected chi connectivity index (χ3v) is 6.14. The molecular formula is C23H20N2O5S. The topological polar surface area (TPSA) is 97.6 Å². The van der Waals surface area contributed by atoms with Crippen LogP contribution < -0.4 is 14.8 Å². The Morgan fingerprint density at radius 2 is 1.71 bits per heavy atom. The highest BCUT2D eigenvalue weighted by Crippen LogP contribution is 2.29. The maximum atomic E-state index is 12.6. The van der Waals surface area contributed by atoms with Crippen molar-refractivity contribution >= 4 is 38.3 Å². The Morgan fingerprint density at radius 3 is 2.42 bits per heavy atom. The highest BCUT2D eigenvalue weighted by Gasteiger charge is 2.17. The molecule has 0 radical (unpaired) electrons. The van der Waals surface area contributed by atoms with Gasteiger partial charge in [0.2, 0.25) is 0 Å². The van der Waals surface area contributed by atoms with Gasteiger partial charge in [0, 0.05) is 11.1 Å². The van der Waals surface area contributed by atoms with Crippen molar-refractivity contribution in [1.29, 1.82) is 0 Å². The van der Waals surface area contributed by atoms with Gasteiger partial charge in [0.1, 0.15) is 0 Å². The molecule has 0 atom stereocenters. The van der Waals surface area contributed by atoms with Crippen LogP contribution in [0.15, 0.2) is 82.1 Å². The summed E-state index contributed by atoms with van der Waals surface area (Å²) in [6.07, 6.45) is 0. The molecule has 7 nitrogen and oxygen atoms in total. The number of nitrogens with one attached hydrogen (secondary N) is 2. The number of ether oxygens (including phenoxy) is 1. The van der Waals surface area contributed by atoms with Crippen LogP contribution in [0.25, 0.3) is 11.0 Å². The predicted octanol–water partition coefficient (Wildman–Crippen LogP) is 4.80. The number of carbonyl (C=O) groups is 1. The maximum Gasteiger partial charge on any atom is 0.291 e. The van der Waals surface area contributed by atoms with Crippen molar-refractivity contribution in [2.24, 2.45) is 0 Å². The van der Waals surface area contributed by atoms with E-state index in [2.05, 4.69) is 10.0 Å². The molecule has 8 heteroatoms. The van der Waals surface area contributed by atoms with Crippen molar-refractivity contribution in [2.75, 3.05) is 17.1 Å². The third-order valence-electron chi connectivity index (χ3n) is 4.76. The molecule has 0 bridgehead atoms. The summed E-state index contributed by atoms with van der Waals surface area (Å²) in [7, 11) is -2.22. The zero-order chi connectivity index (χ0) is 22.0. The number of furan rings is 1. The number of fused-ring (bicyclic) bond motifs is 1. The van der Waals surface area contributed by atoms with Gasteiger partial charge in [-0.05, 0) is 55.0 Å². The molecule has 4 rings (SSSR count). The van der Waals surface area contributed by atoms with Gasteiger partial charge in [-0.1, -0.05) is 30.3 Å². The molecule has 0 fully saturated rings. The second-order valence-electron chi connectivity index (χ2n) is 6.89. The number of rotatable bonds is 6. The first-order chi connectivity index (χ1) is 14.9. The Morgan fingerprint density at radius 1 is 0.968 bits per heavy atom. The summed E-state index contributed by atoms with van der Waals surface area (Å²) in [5, 5.41) is 3.45. The van der Waals surface area contributed by atoms with Crippen molar-refractivity contribution < 1.29 is 22.4 Å². The predicted molar refractivity (Wildman–Crippen MR) is 119 cm³/mol. The van der Waals surface area contributed by atoms with Gasteiger partial charge in [0.25, 0.3) is 15.9 Å². The minimum absolute atomic E-state index is 0.0854. The molecule has 0 spiro atoms. The molecule has 4 aromatic rings. The van der Waals surface area contributed by atoms with Crippen LogP contribution in [0.4, 0.5) is 11.4 Å². The van der Waals surface area contributed by atoms with E-state index in [9.17, 15) is 13.2 Å². The summed E-state index contributed by atoms with van der Waals surface area (Å²) in [5.74, 6) is 0.205. The third kappa shape index (κ3) is 4.24. The highest BCUT2D eigenvalue weighted by atomic mass is 32.2. The maximum absolute atomic E-state index is 12.6. The van der Waals surface area contributed by atoms with Crippen LogP contribution in [0.2, 0.25) is 0 Å². The van der Waals surface area contributed by atoms with Gasteiger partial charge in [-0.2, -0.15) is 0 Å². The van der Waals surface area contributed by atoms with Crippen molar-refractivity contribution in [1.82, 2.24) is 0 Å². The normalized spacial score (nSPS) is 11.3. The molecule has 0 aliphatic carbocycles. The van der Waals surface area contributed by atoms with E-state index in [1.165, 1.54) is 31.4 Å². The second kappa shape index (κ2) is 8.16. The number of sulfonamides is 1.